The number of rotatable bonds is 6. The highest BCUT2D eigenvalue weighted by atomic mass is 16.7. The maximum atomic E-state index is 5.77. The maximum Gasteiger partial charge on any atom is 0.115 e. The van der Waals surface area contributed by atoms with Gasteiger partial charge >= 0.3 is 0 Å². The molecule has 2 unspecified atom stereocenters. The second-order valence-corrected chi connectivity index (χ2v) is 5.25. The minimum atomic E-state index is 0.00821. The van der Waals surface area contributed by atoms with Crippen LogP contribution in [0.4, 0.5) is 0 Å². The number of fused-ring (bicyclic) bond motifs is 1. The van der Waals surface area contributed by atoms with Gasteiger partial charge in [-0.25, -0.2) is 0 Å². The Bertz CT molecular complexity index is 273. The van der Waals surface area contributed by atoms with Gasteiger partial charge in [-0.15, -0.1) is 0 Å². The van der Waals surface area contributed by atoms with Crippen molar-refractivity contribution in [3.63, 3.8) is 0 Å². The van der Waals surface area contributed by atoms with Gasteiger partial charge in [-0.3, -0.25) is 0 Å². The van der Waals surface area contributed by atoms with Crippen LogP contribution in [0.3, 0.4) is 0 Å². The first-order valence-corrected chi connectivity index (χ1v) is 6.60. The molecule has 6 nitrogen and oxygen atoms in total. The first kappa shape index (κ1) is 11.6. The van der Waals surface area contributed by atoms with Crippen LogP contribution in [0.15, 0.2) is 0 Å². The topological polar surface area (TPSA) is 62.0 Å². The van der Waals surface area contributed by atoms with Crippen LogP contribution in [0.25, 0.3) is 0 Å². The van der Waals surface area contributed by atoms with Crippen LogP contribution in [-0.4, -0.2) is 76.3 Å². The highest BCUT2D eigenvalue weighted by Gasteiger charge is 2.49. The third-order valence-electron chi connectivity index (χ3n) is 3.76. The molecule has 0 N–H and O–H groups in total. The molecular weight excluding hydrogens is 240 g/mol. The number of hydrogen-bond donors (Lipinski definition) is 0. The van der Waals surface area contributed by atoms with Gasteiger partial charge in [0.2, 0.25) is 0 Å². The van der Waals surface area contributed by atoms with Crippen LogP contribution in [0.1, 0.15) is 0 Å². The molecule has 4 heterocycles. The lowest BCUT2D eigenvalue weighted by Crippen LogP contribution is -2.35. The monoisotopic (exact) mass is 258 g/mol. The quantitative estimate of drug-likeness (QED) is 0.590. The predicted octanol–water partition coefficient (Wildman–Crippen LogP) is -0.648. The molecule has 0 bridgehead atoms. The normalized spacial score (nSPS) is 49.3. The Morgan fingerprint density at radius 1 is 0.667 bits per heavy atom. The molecule has 6 heteroatoms. The third-order valence-corrected chi connectivity index (χ3v) is 3.76. The molecule has 0 aromatic rings. The second kappa shape index (κ2) is 4.70. The van der Waals surface area contributed by atoms with Crippen molar-refractivity contribution >= 4 is 0 Å². The van der Waals surface area contributed by atoms with Gasteiger partial charge < -0.3 is 28.4 Å². The molecule has 4 saturated heterocycles. The van der Waals surface area contributed by atoms with Crippen molar-refractivity contribution in [2.24, 2.45) is 0 Å². The highest BCUT2D eigenvalue weighted by Crippen LogP contribution is 2.31. The van der Waals surface area contributed by atoms with E-state index in [2.05, 4.69) is 0 Å². The zero-order valence-corrected chi connectivity index (χ0v) is 10.2. The summed E-state index contributed by atoms with van der Waals surface area (Å²) in [6.45, 7) is 4.08. The first-order chi connectivity index (χ1) is 8.90. The standard InChI is InChI=1S/C12H18O6/c1-7(13-1)3-15-9-5-17-12-10(6-18-11(9)12)16-4-8-2-14-8/h7-12H,1-6H2/t7?,8?,9-,10-,11-,12-/m1/s1. The van der Waals surface area contributed by atoms with Gasteiger partial charge in [0, 0.05) is 0 Å². The number of epoxide rings is 2. The molecule has 0 radical (unpaired) electrons. The lowest BCUT2D eigenvalue weighted by molar-refractivity contribution is -0.0541. The molecule has 4 rings (SSSR count). The van der Waals surface area contributed by atoms with E-state index in [1.807, 2.05) is 0 Å². The van der Waals surface area contributed by atoms with Crippen molar-refractivity contribution in [1.29, 1.82) is 0 Å². The Balaban J connectivity index is 1.27. The van der Waals surface area contributed by atoms with Crippen LogP contribution < -0.4 is 0 Å². The van der Waals surface area contributed by atoms with E-state index in [9.17, 15) is 0 Å². The molecule has 0 spiro atoms. The van der Waals surface area contributed by atoms with E-state index in [-0.39, 0.29) is 36.6 Å². The Hall–Kier alpha value is -0.240. The number of hydrogen-bond acceptors (Lipinski definition) is 6. The zero-order chi connectivity index (χ0) is 11.9. The summed E-state index contributed by atoms with van der Waals surface area (Å²) in [6.07, 6.45) is 0.617. The van der Waals surface area contributed by atoms with E-state index >= 15 is 0 Å². The fourth-order valence-electron chi connectivity index (χ4n) is 2.51. The van der Waals surface area contributed by atoms with E-state index in [0.29, 0.717) is 26.4 Å². The third kappa shape index (κ3) is 2.41. The van der Waals surface area contributed by atoms with Gasteiger partial charge in [0.25, 0.3) is 0 Å². The van der Waals surface area contributed by atoms with E-state index in [4.69, 9.17) is 28.4 Å². The number of ether oxygens (including phenoxy) is 6. The van der Waals surface area contributed by atoms with E-state index in [1.165, 1.54) is 0 Å². The molecular formula is C12H18O6. The lowest BCUT2D eigenvalue weighted by Gasteiger charge is -2.16. The predicted molar refractivity (Wildman–Crippen MR) is 58.4 cm³/mol. The second-order valence-electron chi connectivity index (χ2n) is 5.25. The zero-order valence-electron chi connectivity index (χ0n) is 10.2. The molecule has 0 amide bonds. The molecule has 0 aliphatic carbocycles. The van der Waals surface area contributed by atoms with Crippen LogP contribution in [0.5, 0.6) is 0 Å². The van der Waals surface area contributed by atoms with Crippen LogP contribution in [0.2, 0.25) is 0 Å². The summed E-state index contributed by atoms with van der Waals surface area (Å²) in [7, 11) is 0. The molecule has 0 aromatic heterocycles. The van der Waals surface area contributed by atoms with Crippen LogP contribution in [-0.2, 0) is 28.4 Å². The summed E-state index contributed by atoms with van der Waals surface area (Å²) >= 11 is 0. The Morgan fingerprint density at radius 2 is 1.11 bits per heavy atom. The van der Waals surface area contributed by atoms with Crippen molar-refractivity contribution in [3.8, 4) is 0 Å². The summed E-state index contributed by atoms with van der Waals surface area (Å²) < 4.78 is 33.3. The Morgan fingerprint density at radius 3 is 1.50 bits per heavy atom. The van der Waals surface area contributed by atoms with Gasteiger partial charge in [0.1, 0.15) is 36.6 Å². The Kier molecular flexibility index (Phi) is 3.02. The molecule has 4 fully saturated rings. The molecule has 102 valence electrons. The van der Waals surface area contributed by atoms with Crippen LogP contribution >= 0.6 is 0 Å². The average molecular weight is 258 g/mol. The molecule has 0 aromatic carbocycles. The summed E-state index contributed by atoms with van der Waals surface area (Å²) in [5, 5.41) is 0. The van der Waals surface area contributed by atoms with E-state index in [0.717, 1.165) is 13.2 Å². The fourth-order valence-corrected chi connectivity index (χ4v) is 2.51. The summed E-state index contributed by atoms with van der Waals surface area (Å²) in [4.78, 5) is 0. The molecule has 18 heavy (non-hydrogen) atoms. The summed E-state index contributed by atoms with van der Waals surface area (Å²) in [6, 6.07) is 0. The van der Waals surface area contributed by atoms with Gasteiger partial charge in [0.15, 0.2) is 0 Å². The smallest absolute Gasteiger partial charge is 0.115 e. The summed E-state index contributed by atoms with van der Waals surface area (Å²) in [5.74, 6) is 0. The largest absolute Gasteiger partial charge is 0.371 e. The van der Waals surface area contributed by atoms with Gasteiger partial charge in [-0.1, -0.05) is 0 Å². The van der Waals surface area contributed by atoms with Gasteiger partial charge in [-0.2, -0.15) is 0 Å². The van der Waals surface area contributed by atoms with E-state index in [1.54, 1.807) is 0 Å². The van der Waals surface area contributed by atoms with E-state index < -0.39 is 0 Å². The van der Waals surface area contributed by atoms with Crippen molar-refractivity contribution in [1.82, 2.24) is 0 Å². The first-order valence-electron chi connectivity index (χ1n) is 6.60. The minimum absolute atomic E-state index is 0.00821. The van der Waals surface area contributed by atoms with Crippen molar-refractivity contribution in [3.05, 3.63) is 0 Å². The van der Waals surface area contributed by atoms with Crippen molar-refractivity contribution in [2.45, 2.75) is 36.6 Å². The minimum Gasteiger partial charge on any atom is -0.371 e. The maximum absolute atomic E-state index is 5.77. The Labute approximate surface area is 105 Å². The molecule has 0 saturated carbocycles. The highest BCUT2D eigenvalue weighted by molar-refractivity contribution is 4.96. The van der Waals surface area contributed by atoms with Gasteiger partial charge in [0.05, 0.1) is 39.6 Å². The SMILES string of the molecule is C1OC1CO[C@@H]1CO[C@H]2[C@@H]1OC[C@H]2OCC1CO1. The lowest BCUT2D eigenvalue weighted by atomic mass is 10.1. The van der Waals surface area contributed by atoms with Crippen molar-refractivity contribution in [2.75, 3.05) is 39.6 Å². The summed E-state index contributed by atoms with van der Waals surface area (Å²) in [5.41, 5.74) is 0. The molecule has 4 aliphatic rings. The average Bonchev–Trinajstić information content (AvgIpc) is 3.28. The fraction of sp³-hybridized carbons (Fsp3) is 1.00. The van der Waals surface area contributed by atoms with Gasteiger partial charge in [-0.05, 0) is 0 Å². The van der Waals surface area contributed by atoms with Crippen LogP contribution in [0, 0.1) is 0 Å². The molecule has 6 atom stereocenters. The molecule has 4 aliphatic heterocycles. The van der Waals surface area contributed by atoms with Crippen molar-refractivity contribution < 1.29 is 28.4 Å².